The Bertz CT molecular complexity index is 1640. The second-order valence-corrected chi connectivity index (χ2v) is 11.9. The molecule has 1 unspecified atom stereocenters. The molecule has 6 rings (SSSR count). The molecular weight excluding hydrogens is 540 g/mol. The lowest BCUT2D eigenvalue weighted by atomic mass is 9.92. The number of nitrogens with one attached hydrogen (secondary N) is 1. The Hall–Kier alpha value is -4.91. The molecule has 7 nitrogen and oxygen atoms in total. The third kappa shape index (κ3) is 5.75. The fourth-order valence-electron chi connectivity index (χ4n) is 5.96. The Morgan fingerprint density at radius 2 is 1.37 bits per heavy atom. The highest BCUT2D eigenvalue weighted by Crippen LogP contribution is 2.44. The van der Waals surface area contributed by atoms with Crippen LogP contribution in [0.25, 0.3) is 11.1 Å². The van der Waals surface area contributed by atoms with E-state index in [1.54, 1.807) is 24.3 Å². The summed E-state index contributed by atoms with van der Waals surface area (Å²) >= 11 is 0. The third-order valence-electron chi connectivity index (χ3n) is 7.89. The lowest BCUT2D eigenvalue weighted by Crippen LogP contribution is -2.45. The number of hydrogen-bond acceptors (Lipinski definition) is 5. The van der Waals surface area contributed by atoms with Crippen molar-refractivity contribution in [2.45, 2.75) is 44.8 Å². The van der Waals surface area contributed by atoms with Crippen LogP contribution in [0.5, 0.6) is 0 Å². The van der Waals surface area contributed by atoms with E-state index in [4.69, 9.17) is 9.47 Å². The van der Waals surface area contributed by atoms with Gasteiger partial charge in [0.25, 0.3) is 5.91 Å². The minimum atomic E-state index is -0.869. The molecule has 2 aliphatic rings. The average Bonchev–Trinajstić information content (AvgIpc) is 3.32. The molecule has 4 aromatic carbocycles. The van der Waals surface area contributed by atoms with Crippen LogP contribution in [0, 0.1) is 0 Å². The van der Waals surface area contributed by atoms with Gasteiger partial charge < -0.3 is 14.8 Å². The summed E-state index contributed by atoms with van der Waals surface area (Å²) < 4.78 is 11.4. The summed E-state index contributed by atoms with van der Waals surface area (Å²) in [7, 11) is 0. The van der Waals surface area contributed by atoms with E-state index in [1.165, 1.54) is 4.90 Å². The Balaban J connectivity index is 1.20. The van der Waals surface area contributed by atoms with Crippen LogP contribution in [0.4, 0.5) is 10.5 Å². The number of anilines is 1. The second-order valence-electron chi connectivity index (χ2n) is 11.9. The number of nitrogens with zero attached hydrogens (tertiary/aromatic N) is 1. The van der Waals surface area contributed by atoms with Crippen LogP contribution in [-0.2, 0) is 20.7 Å². The van der Waals surface area contributed by atoms with Crippen molar-refractivity contribution in [3.8, 4) is 11.1 Å². The molecule has 0 saturated heterocycles. The van der Waals surface area contributed by atoms with E-state index in [2.05, 4.69) is 29.6 Å². The molecule has 1 aliphatic heterocycles. The number of benzene rings is 4. The number of fused-ring (bicyclic) bond motifs is 4. The van der Waals surface area contributed by atoms with Gasteiger partial charge in [0.15, 0.2) is 0 Å². The van der Waals surface area contributed by atoms with Gasteiger partial charge in [-0.25, -0.2) is 9.59 Å². The molecule has 0 bridgehead atoms. The van der Waals surface area contributed by atoms with Crippen molar-refractivity contribution in [1.82, 2.24) is 4.90 Å². The van der Waals surface area contributed by atoms with Crippen LogP contribution < -0.4 is 5.32 Å². The van der Waals surface area contributed by atoms with E-state index in [1.807, 2.05) is 69.3 Å². The third-order valence-corrected chi connectivity index (χ3v) is 7.89. The molecule has 43 heavy (non-hydrogen) atoms. The lowest BCUT2D eigenvalue weighted by molar-refractivity contribution is -0.121. The summed E-state index contributed by atoms with van der Waals surface area (Å²) in [5, 5.41) is 2.93. The van der Waals surface area contributed by atoms with Crippen LogP contribution in [0.1, 0.15) is 65.3 Å². The summed E-state index contributed by atoms with van der Waals surface area (Å²) in [6, 6.07) is 29.7. The van der Waals surface area contributed by atoms with E-state index in [9.17, 15) is 14.4 Å². The van der Waals surface area contributed by atoms with Gasteiger partial charge in [0.1, 0.15) is 18.2 Å². The van der Waals surface area contributed by atoms with Gasteiger partial charge in [-0.2, -0.15) is 0 Å². The van der Waals surface area contributed by atoms with Gasteiger partial charge in [-0.05, 0) is 84.8 Å². The predicted octanol–water partition coefficient (Wildman–Crippen LogP) is 7.13. The molecule has 218 valence electrons. The maximum Gasteiger partial charge on any atom is 0.410 e. The normalized spacial score (nSPS) is 15.6. The summed E-state index contributed by atoms with van der Waals surface area (Å²) in [5.74, 6) is -0.872. The van der Waals surface area contributed by atoms with Gasteiger partial charge in [-0.3, -0.25) is 9.69 Å². The second kappa shape index (κ2) is 11.4. The quantitative estimate of drug-likeness (QED) is 0.256. The first kappa shape index (κ1) is 28.2. The summed E-state index contributed by atoms with van der Waals surface area (Å²) in [6.07, 6.45) is 0.0890. The van der Waals surface area contributed by atoms with Gasteiger partial charge in [0, 0.05) is 18.2 Å². The molecule has 1 atom stereocenters. The largest absolute Gasteiger partial charge is 0.456 e. The van der Waals surface area contributed by atoms with Crippen molar-refractivity contribution < 1.29 is 23.9 Å². The van der Waals surface area contributed by atoms with Crippen molar-refractivity contribution in [2.75, 3.05) is 18.5 Å². The standard InChI is InChI=1S/C36H34N2O5/c1-36(2,3)43-34(40)24-16-18-25(19-17-24)37-33(39)32-26-11-5-4-10-23(26)20-21-38(32)35(41)42-22-31-29-14-8-6-12-27(29)28-13-7-9-15-30(28)31/h4-19,31-32H,20-22H2,1-3H3,(H,37,39). The highest BCUT2D eigenvalue weighted by Gasteiger charge is 2.38. The molecule has 1 N–H and O–H groups in total. The van der Waals surface area contributed by atoms with E-state index in [-0.39, 0.29) is 18.4 Å². The molecule has 2 amide bonds. The Kier molecular flexibility index (Phi) is 7.48. The van der Waals surface area contributed by atoms with E-state index in [0.717, 1.165) is 33.4 Å². The first-order valence-corrected chi connectivity index (χ1v) is 14.5. The van der Waals surface area contributed by atoms with Crippen LogP contribution >= 0.6 is 0 Å². The number of amides is 2. The number of esters is 1. The monoisotopic (exact) mass is 574 g/mol. The van der Waals surface area contributed by atoms with Crippen molar-refractivity contribution in [1.29, 1.82) is 0 Å². The Morgan fingerprint density at radius 1 is 0.791 bits per heavy atom. The number of carbonyl (C=O) groups excluding carboxylic acids is 3. The molecule has 1 heterocycles. The fourth-order valence-corrected chi connectivity index (χ4v) is 5.96. The highest BCUT2D eigenvalue weighted by molar-refractivity contribution is 5.98. The lowest BCUT2D eigenvalue weighted by Gasteiger charge is -2.35. The number of carbonyl (C=O) groups is 3. The molecule has 1 aliphatic carbocycles. The smallest absolute Gasteiger partial charge is 0.410 e. The SMILES string of the molecule is CC(C)(C)OC(=O)c1ccc(NC(=O)C2c3ccccc3CCN2C(=O)OCC2c3ccccc3-c3ccccc32)cc1. The van der Waals surface area contributed by atoms with Gasteiger partial charge >= 0.3 is 12.1 Å². The molecule has 0 radical (unpaired) electrons. The van der Waals surface area contributed by atoms with Crippen molar-refractivity contribution in [3.05, 3.63) is 125 Å². The zero-order valence-corrected chi connectivity index (χ0v) is 24.5. The Labute approximate surface area is 251 Å². The minimum absolute atomic E-state index is 0.0795. The van der Waals surface area contributed by atoms with Crippen molar-refractivity contribution in [2.24, 2.45) is 0 Å². The van der Waals surface area contributed by atoms with Crippen molar-refractivity contribution >= 4 is 23.7 Å². The maximum atomic E-state index is 13.8. The van der Waals surface area contributed by atoms with Crippen molar-refractivity contribution in [3.63, 3.8) is 0 Å². The fraction of sp³-hybridized carbons (Fsp3) is 0.250. The van der Waals surface area contributed by atoms with Gasteiger partial charge in [0.05, 0.1) is 5.56 Å². The van der Waals surface area contributed by atoms with Crippen LogP contribution in [0.2, 0.25) is 0 Å². The molecule has 0 saturated carbocycles. The van der Waals surface area contributed by atoms with Crippen LogP contribution in [-0.4, -0.2) is 41.6 Å². The molecule has 7 heteroatoms. The molecule has 0 aromatic heterocycles. The maximum absolute atomic E-state index is 13.8. The number of hydrogen-bond donors (Lipinski definition) is 1. The molecular formula is C36H34N2O5. The Morgan fingerprint density at radius 3 is 2.00 bits per heavy atom. The van der Waals surface area contributed by atoms with E-state index < -0.39 is 23.7 Å². The molecule has 0 spiro atoms. The first-order valence-electron chi connectivity index (χ1n) is 14.5. The highest BCUT2D eigenvalue weighted by atomic mass is 16.6. The van der Waals surface area contributed by atoms with Gasteiger partial charge in [0.2, 0.25) is 0 Å². The van der Waals surface area contributed by atoms with E-state index >= 15 is 0 Å². The molecule has 4 aromatic rings. The van der Waals surface area contributed by atoms with E-state index in [0.29, 0.717) is 24.2 Å². The summed E-state index contributed by atoms with van der Waals surface area (Å²) in [4.78, 5) is 41.4. The summed E-state index contributed by atoms with van der Waals surface area (Å²) in [6.45, 7) is 5.95. The predicted molar refractivity (Wildman–Crippen MR) is 165 cm³/mol. The average molecular weight is 575 g/mol. The van der Waals surface area contributed by atoms with Gasteiger partial charge in [-0.1, -0.05) is 72.8 Å². The van der Waals surface area contributed by atoms with Crippen LogP contribution in [0.15, 0.2) is 97.1 Å². The number of ether oxygens (including phenoxy) is 2. The molecule has 0 fully saturated rings. The van der Waals surface area contributed by atoms with Gasteiger partial charge in [-0.15, -0.1) is 0 Å². The summed E-state index contributed by atoms with van der Waals surface area (Å²) in [5.41, 5.74) is 6.64. The first-order chi connectivity index (χ1) is 20.7. The zero-order chi connectivity index (χ0) is 30.1. The minimum Gasteiger partial charge on any atom is -0.456 e. The topological polar surface area (TPSA) is 84.9 Å². The zero-order valence-electron chi connectivity index (χ0n) is 24.5. The van der Waals surface area contributed by atoms with Crippen LogP contribution in [0.3, 0.4) is 0 Å². The number of rotatable bonds is 5.